The number of aliphatic hydroxyl groups is 3. The van der Waals surface area contributed by atoms with Crippen molar-refractivity contribution in [1.82, 2.24) is 4.98 Å². The molecule has 2 rings (SSSR count). The van der Waals surface area contributed by atoms with Crippen molar-refractivity contribution < 1.29 is 20.1 Å². The third kappa shape index (κ3) is 2.33. The minimum absolute atomic E-state index is 0.0136. The summed E-state index contributed by atoms with van der Waals surface area (Å²) < 4.78 is 5.18. The zero-order chi connectivity index (χ0) is 11.7. The molecule has 16 heavy (non-hydrogen) atoms. The number of aliphatic hydroxyl groups excluding tert-OH is 3. The zero-order valence-corrected chi connectivity index (χ0v) is 9.52. The van der Waals surface area contributed by atoms with Crippen molar-refractivity contribution in [3.8, 4) is 0 Å². The molecule has 6 nitrogen and oxygen atoms in total. The van der Waals surface area contributed by atoms with Crippen LogP contribution in [-0.4, -0.2) is 51.5 Å². The molecule has 2 heterocycles. The number of anilines is 1. The van der Waals surface area contributed by atoms with Crippen molar-refractivity contribution in [3.63, 3.8) is 0 Å². The van der Waals surface area contributed by atoms with Crippen LogP contribution in [0.2, 0.25) is 0 Å². The minimum atomic E-state index is -1.20. The first-order valence-corrected chi connectivity index (χ1v) is 5.74. The molecule has 0 amide bonds. The number of hydrogen-bond donors (Lipinski definition) is 4. The van der Waals surface area contributed by atoms with E-state index in [2.05, 4.69) is 10.3 Å². The molecular weight excluding hydrogens is 232 g/mol. The van der Waals surface area contributed by atoms with E-state index in [4.69, 9.17) is 4.74 Å². The van der Waals surface area contributed by atoms with Gasteiger partial charge in [-0.15, -0.1) is 11.3 Å². The predicted octanol–water partition coefficient (Wildman–Crippen LogP) is -0.698. The SMILES string of the molecule is Cc1cnc(NC2OCC(O)C(O)C2O)s1. The van der Waals surface area contributed by atoms with Crippen LogP contribution >= 0.6 is 11.3 Å². The summed E-state index contributed by atoms with van der Waals surface area (Å²) in [5.74, 6) is 0. The molecule has 1 aliphatic rings. The Labute approximate surface area is 96.5 Å². The van der Waals surface area contributed by atoms with Gasteiger partial charge in [0.2, 0.25) is 0 Å². The van der Waals surface area contributed by atoms with Crippen LogP contribution in [0.4, 0.5) is 5.13 Å². The molecule has 0 aromatic carbocycles. The van der Waals surface area contributed by atoms with Crippen LogP contribution in [0.5, 0.6) is 0 Å². The average Bonchev–Trinajstić information content (AvgIpc) is 2.65. The Balaban J connectivity index is 2.00. The lowest BCUT2D eigenvalue weighted by atomic mass is 10.0. The highest BCUT2D eigenvalue weighted by Gasteiger charge is 2.37. The molecule has 1 aromatic rings. The molecule has 1 fully saturated rings. The Bertz CT molecular complexity index is 359. The van der Waals surface area contributed by atoms with Gasteiger partial charge in [0.05, 0.1) is 6.61 Å². The fourth-order valence-electron chi connectivity index (χ4n) is 1.48. The van der Waals surface area contributed by atoms with Crippen molar-refractivity contribution in [3.05, 3.63) is 11.1 Å². The molecule has 7 heteroatoms. The van der Waals surface area contributed by atoms with Crippen molar-refractivity contribution in [2.75, 3.05) is 11.9 Å². The standard InChI is InChI=1S/C9H14N2O4S/c1-4-2-10-9(16-4)11-8-7(14)6(13)5(12)3-15-8/h2,5-8,12-14H,3H2,1H3,(H,10,11). The van der Waals surface area contributed by atoms with E-state index < -0.39 is 24.5 Å². The number of thiazole rings is 1. The Morgan fingerprint density at radius 3 is 2.81 bits per heavy atom. The summed E-state index contributed by atoms with van der Waals surface area (Å²) in [6, 6.07) is 0. The van der Waals surface area contributed by atoms with Gasteiger partial charge in [0.1, 0.15) is 18.3 Å². The number of rotatable bonds is 2. The number of aryl methyl sites for hydroxylation is 1. The second-order valence-corrected chi connectivity index (χ2v) is 4.96. The van der Waals surface area contributed by atoms with Gasteiger partial charge in [-0.25, -0.2) is 4.98 Å². The molecule has 4 N–H and O–H groups in total. The number of aromatic nitrogens is 1. The Kier molecular flexibility index (Phi) is 3.41. The summed E-state index contributed by atoms with van der Waals surface area (Å²) in [6.07, 6.45) is -2.47. The fourth-order valence-corrected chi connectivity index (χ4v) is 2.17. The van der Waals surface area contributed by atoms with E-state index in [1.54, 1.807) is 6.20 Å². The summed E-state index contributed by atoms with van der Waals surface area (Å²) >= 11 is 1.43. The molecule has 1 aliphatic heterocycles. The third-order valence-corrected chi connectivity index (χ3v) is 3.23. The van der Waals surface area contributed by atoms with Crippen LogP contribution < -0.4 is 5.32 Å². The first-order valence-electron chi connectivity index (χ1n) is 4.92. The van der Waals surface area contributed by atoms with Crippen LogP contribution in [-0.2, 0) is 4.74 Å². The van der Waals surface area contributed by atoms with E-state index in [-0.39, 0.29) is 6.61 Å². The summed E-state index contributed by atoms with van der Waals surface area (Å²) in [7, 11) is 0. The highest BCUT2D eigenvalue weighted by molar-refractivity contribution is 7.15. The minimum Gasteiger partial charge on any atom is -0.388 e. The molecule has 4 unspecified atom stereocenters. The summed E-state index contributed by atoms with van der Waals surface area (Å²) in [5.41, 5.74) is 0. The van der Waals surface area contributed by atoms with E-state index in [1.165, 1.54) is 11.3 Å². The van der Waals surface area contributed by atoms with Crippen molar-refractivity contribution >= 4 is 16.5 Å². The molecule has 1 saturated heterocycles. The monoisotopic (exact) mass is 246 g/mol. The Hall–Kier alpha value is -0.730. The Morgan fingerprint density at radius 2 is 2.19 bits per heavy atom. The van der Waals surface area contributed by atoms with Crippen LogP contribution in [0.25, 0.3) is 0 Å². The molecule has 90 valence electrons. The van der Waals surface area contributed by atoms with E-state index in [0.717, 1.165) is 4.88 Å². The number of ether oxygens (including phenoxy) is 1. The van der Waals surface area contributed by atoms with Crippen molar-refractivity contribution in [1.29, 1.82) is 0 Å². The lowest BCUT2D eigenvalue weighted by Gasteiger charge is -2.35. The highest BCUT2D eigenvalue weighted by Crippen LogP contribution is 2.21. The summed E-state index contributed by atoms with van der Waals surface area (Å²) in [6.45, 7) is 1.90. The second kappa shape index (κ2) is 4.64. The molecule has 1 aromatic heterocycles. The van der Waals surface area contributed by atoms with E-state index in [1.807, 2.05) is 6.92 Å². The number of hydrogen-bond acceptors (Lipinski definition) is 7. The molecule has 4 atom stereocenters. The molecule has 0 spiro atoms. The highest BCUT2D eigenvalue weighted by atomic mass is 32.1. The molecule has 0 bridgehead atoms. The summed E-state index contributed by atoms with van der Waals surface area (Å²) in [4.78, 5) is 5.10. The van der Waals surface area contributed by atoms with E-state index in [0.29, 0.717) is 5.13 Å². The smallest absolute Gasteiger partial charge is 0.184 e. The van der Waals surface area contributed by atoms with Gasteiger partial charge >= 0.3 is 0 Å². The normalized spacial score (nSPS) is 35.0. The lowest BCUT2D eigenvalue weighted by Crippen LogP contribution is -2.55. The number of nitrogens with zero attached hydrogens (tertiary/aromatic N) is 1. The third-order valence-electron chi connectivity index (χ3n) is 2.39. The van der Waals surface area contributed by atoms with Gasteiger partial charge in [-0.05, 0) is 6.92 Å². The van der Waals surface area contributed by atoms with E-state index >= 15 is 0 Å². The van der Waals surface area contributed by atoms with E-state index in [9.17, 15) is 15.3 Å². The zero-order valence-electron chi connectivity index (χ0n) is 8.70. The molecule has 0 saturated carbocycles. The molecule has 0 aliphatic carbocycles. The maximum absolute atomic E-state index is 9.66. The number of nitrogens with one attached hydrogen (secondary N) is 1. The van der Waals surface area contributed by atoms with Gasteiger partial charge in [-0.3, -0.25) is 0 Å². The predicted molar refractivity (Wildman–Crippen MR) is 58.2 cm³/mol. The second-order valence-electron chi connectivity index (χ2n) is 3.72. The molecule has 0 radical (unpaired) electrons. The quantitative estimate of drug-likeness (QED) is 0.551. The van der Waals surface area contributed by atoms with Crippen molar-refractivity contribution in [2.45, 2.75) is 31.5 Å². The largest absolute Gasteiger partial charge is 0.388 e. The maximum Gasteiger partial charge on any atom is 0.184 e. The van der Waals surface area contributed by atoms with Gasteiger partial charge in [0.15, 0.2) is 11.4 Å². The fraction of sp³-hybridized carbons (Fsp3) is 0.667. The average molecular weight is 246 g/mol. The van der Waals surface area contributed by atoms with Gasteiger partial charge in [-0.2, -0.15) is 0 Å². The van der Waals surface area contributed by atoms with Gasteiger partial charge in [0.25, 0.3) is 0 Å². The van der Waals surface area contributed by atoms with Crippen LogP contribution in [0.3, 0.4) is 0 Å². The van der Waals surface area contributed by atoms with Crippen LogP contribution in [0, 0.1) is 6.92 Å². The first kappa shape index (κ1) is 11.7. The Morgan fingerprint density at radius 1 is 1.44 bits per heavy atom. The first-order chi connectivity index (χ1) is 7.58. The van der Waals surface area contributed by atoms with Gasteiger partial charge in [0, 0.05) is 11.1 Å². The maximum atomic E-state index is 9.66. The van der Waals surface area contributed by atoms with Crippen molar-refractivity contribution in [2.24, 2.45) is 0 Å². The van der Waals surface area contributed by atoms with Crippen LogP contribution in [0.1, 0.15) is 4.88 Å². The van der Waals surface area contributed by atoms with Gasteiger partial charge in [-0.1, -0.05) is 0 Å². The molecular formula is C9H14N2O4S. The van der Waals surface area contributed by atoms with Crippen LogP contribution in [0.15, 0.2) is 6.20 Å². The lowest BCUT2D eigenvalue weighted by molar-refractivity contribution is -0.178. The topological polar surface area (TPSA) is 94.8 Å². The summed E-state index contributed by atoms with van der Waals surface area (Å²) in [5, 5.41) is 31.9. The van der Waals surface area contributed by atoms with Gasteiger partial charge < -0.3 is 25.4 Å².